The molecule has 1 aliphatic rings. The summed E-state index contributed by atoms with van der Waals surface area (Å²) in [5.74, 6) is -0.358. The van der Waals surface area contributed by atoms with Gasteiger partial charge in [0.05, 0.1) is 18.4 Å². The lowest BCUT2D eigenvalue weighted by Gasteiger charge is -2.11. The molecule has 0 saturated carbocycles. The summed E-state index contributed by atoms with van der Waals surface area (Å²) >= 11 is 4.56. The van der Waals surface area contributed by atoms with Crippen LogP contribution in [0.2, 0.25) is 0 Å². The lowest BCUT2D eigenvalue weighted by molar-refractivity contribution is -0.113. The van der Waals surface area contributed by atoms with Gasteiger partial charge in [0.1, 0.15) is 11.3 Å². The predicted octanol–water partition coefficient (Wildman–Crippen LogP) is 4.04. The van der Waals surface area contributed by atoms with Crippen LogP contribution in [0, 0.1) is 0 Å². The molecule has 3 heterocycles. The van der Waals surface area contributed by atoms with Gasteiger partial charge in [-0.3, -0.25) is 4.79 Å². The average molecular weight is 463 g/mol. The highest BCUT2D eigenvalue weighted by atomic mass is 32.2. The monoisotopic (exact) mass is 462 g/mol. The van der Waals surface area contributed by atoms with Crippen LogP contribution in [0.4, 0.5) is 5.00 Å². The van der Waals surface area contributed by atoms with Gasteiger partial charge in [-0.05, 0) is 49.1 Å². The smallest absolute Gasteiger partial charge is 0.341 e. The fraction of sp³-hybridized carbons (Fsp3) is 0.400. The number of nitrogens with one attached hydrogen (secondary N) is 1. The molecule has 0 bridgehead atoms. The quantitative estimate of drug-likeness (QED) is 0.402. The Morgan fingerprint density at radius 3 is 3.00 bits per heavy atom. The topological polar surface area (TPSA) is 86.1 Å². The molecule has 0 spiro atoms. The highest BCUT2D eigenvalue weighted by molar-refractivity contribution is 7.99. The van der Waals surface area contributed by atoms with Crippen molar-refractivity contribution in [2.45, 2.75) is 43.8 Å². The number of anilines is 1. The third-order valence-corrected chi connectivity index (χ3v) is 8.03. The zero-order valence-corrected chi connectivity index (χ0v) is 19.0. The highest BCUT2D eigenvalue weighted by Gasteiger charge is 2.27. The summed E-state index contributed by atoms with van der Waals surface area (Å²) in [5, 5.41) is 14.4. The minimum atomic E-state index is -0.384. The Hall–Kier alpha value is -2.17. The maximum absolute atomic E-state index is 12.6. The second kappa shape index (κ2) is 9.76. The molecule has 1 N–H and O–H groups in total. The molecule has 7 nitrogen and oxygen atoms in total. The normalized spacial score (nSPS) is 13.1. The first-order chi connectivity index (χ1) is 14.7. The van der Waals surface area contributed by atoms with Gasteiger partial charge in [-0.25, -0.2) is 4.79 Å². The SMILES string of the molecule is COC(=O)c1c(NC(=O)CSc2nncn2CCc2cccs2)sc2c1CCCC2. The van der Waals surface area contributed by atoms with Crippen LogP contribution in [0.1, 0.15) is 38.5 Å². The number of aryl methyl sites for hydroxylation is 3. The number of hydrogen-bond acceptors (Lipinski definition) is 8. The van der Waals surface area contributed by atoms with Crippen LogP contribution in [-0.4, -0.2) is 39.5 Å². The number of methoxy groups -OCH3 is 1. The van der Waals surface area contributed by atoms with E-state index in [0.717, 1.165) is 44.2 Å². The van der Waals surface area contributed by atoms with Crippen molar-refractivity contribution in [3.05, 3.63) is 44.7 Å². The summed E-state index contributed by atoms with van der Waals surface area (Å²) in [4.78, 5) is 27.4. The first-order valence-corrected chi connectivity index (χ1v) is 12.4. The van der Waals surface area contributed by atoms with Crippen LogP contribution < -0.4 is 5.32 Å². The molecular formula is C20H22N4O3S3. The fourth-order valence-corrected chi connectivity index (χ4v) is 6.19. The number of carbonyl (C=O) groups is 2. The number of hydrogen-bond donors (Lipinski definition) is 1. The molecule has 3 aromatic heterocycles. The molecule has 0 fully saturated rings. The number of esters is 1. The highest BCUT2D eigenvalue weighted by Crippen LogP contribution is 2.38. The maximum atomic E-state index is 12.6. The fourth-order valence-electron chi connectivity index (χ4n) is 3.46. The third kappa shape index (κ3) is 4.76. The molecule has 0 unspecified atom stereocenters. The Balaban J connectivity index is 1.38. The number of carbonyl (C=O) groups excluding carboxylic acids is 2. The molecule has 1 aliphatic carbocycles. The molecular weight excluding hydrogens is 440 g/mol. The van der Waals surface area contributed by atoms with Gasteiger partial charge in [0.25, 0.3) is 0 Å². The number of amides is 1. The van der Waals surface area contributed by atoms with Crippen molar-refractivity contribution in [1.82, 2.24) is 14.8 Å². The van der Waals surface area contributed by atoms with Gasteiger partial charge >= 0.3 is 5.97 Å². The first-order valence-electron chi connectivity index (χ1n) is 9.71. The Kier molecular flexibility index (Phi) is 6.86. The lowest BCUT2D eigenvalue weighted by atomic mass is 9.95. The predicted molar refractivity (Wildman–Crippen MR) is 120 cm³/mol. The molecule has 10 heteroatoms. The third-order valence-electron chi connectivity index (χ3n) is 4.91. The van der Waals surface area contributed by atoms with Crippen LogP contribution in [0.5, 0.6) is 0 Å². The van der Waals surface area contributed by atoms with Gasteiger partial charge in [-0.2, -0.15) is 0 Å². The van der Waals surface area contributed by atoms with Crippen molar-refractivity contribution in [3.8, 4) is 0 Å². The van der Waals surface area contributed by atoms with E-state index in [9.17, 15) is 9.59 Å². The zero-order chi connectivity index (χ0) is 20.9. The molecule has 0 radical (unpaired) electrons. The van der Waals surface area contributed by atoms with E-state index in [1.165, 1.54) is 40.0 Å². The van der Waals surface area contributed by atoms with Crippen molar-refractivity contribution in [2.24, 2.45) is 0 Å². The largest absolute Gasteiger partial charge is 0.465 e. The van der Waals surface area contributed by atoms with Crippen molar-refractivity contribution in [1.29, 1.82) is 0 Å². The van der Waals surface area contributed by atoms with Gasteiger partial charge in [-0.15, -0.1) is 32.9 Å². The summed E-state index contributed by atoms with van der Waals surface area (Å²) in [6, 6.07) is 4.14. The van der Waals surface area contributed by atoms with Crippen molar-refractivity contribution in [2.75, 3.05) is 18.2 Å². The number of thiophene rings is 2. The molecule has 0 saturated heterocycles. The Morgan fingerprint density at radius 2 is 2.20 bits per heavy atom. The van der Waals surface area contributed by atoms with Crippen molar-refractivity contribution < 1.29 is 14.3 Å². The number of aromatic nitrogens is 3. The van der Waals surface area contributed by atoms with Gasteiger partial charge < -0.3 is 14.6 Å². The number of rotatable bonds is 8. The second-order valence-corrected chi connectivity index (χ2v) is 9.96. The second-order valence-electron chi connectivity index (χ2n) is 6.88. The zero-order valence-electron chi connectivity index (χ0n) is 16.6. The van der Waals surface area contributed by atoms with Gasteiger partial charge in [0.15, 0.2) is 5.16 Å². The van der Waals surface area contributed by atoms with Gasteiger partial charge in [-0.1, -0.05) is 17.8 Å². The van der Waals surface area contributed by atoms with Crippen LogP contribution >= 0.6 is 34.4 Å². The summed E-state index contributed by atoms with van der Waals surface area (Å²) in [6.07, 6.45) is 6.56. The van der Waals surface area contributed by atoms with Crippen LogP contribution in [0.15, 0.2) is 29.0 Å². The number of thioether (sulfide) groups is 1. The minimum Gasteiger partial charge on any atom is -0.465 e. The molecule has 0 aromatic carbocycles. The number of nitrogens with zero attached hydrogens (tertiary/aromatic N) is 3. The van der Waals surface area contributed by atoms with E-state index >= 15 is 0 Å². The van der Waals surface area contributed by atoms with Crippen molar-refractivity contribution >= 4 is 51.3 Å². The van der Waals surface area contributed by atoms with Crippen LogP contribution in [0.3, 0.4) is 0 Å². The van der Waals surface area contributed by atoms with E-state index in [4.69, 9.17) is 4.74 Å². The Morgan fingerprint density at radius 1 is 1.33 bits per heavy atom. The first kappa shape index (κ1) is 21.1. The summed E-state index contributed by atoms with van der Waals surface area (Å²) in [6.45, 7) is 0.765. The summed E-state index contributed by atoms with van der Waals surface area (Å²) in [5.41, 5.74) is 1.56. The standard InChI is InChI=1S/C20H22N4O3S3/c1-27-19(26)17-14-6-2-3-7-15(14)30-18(17)22-16(25)11-29-20-23-21-12-24(20)9-8-13-5-4-10-28-13/h4-5,10,12H,2-3,6-9,11H2,1H3,(H,22,25). The van der Waals surface area contributed by atoms with E-state index < -0.39 is 0 Å². The van der Waals surface area contributed by atoms with E-state index in [-0.39, 0.29) is 17.6 Å². The number of ether oxygens (including phenoxy) is 1. The van der Waals surface area contributed by atoms with E-state index in [0.29, 0.717) is 15.7 Å². The molecule has 4 rings (SSSR count). The number of fused-ring (bicyclic) bond motifs is 1. The molecule has 1 amide bonds. The maximum Gasteiger partial charge on any atom is 0.341 e. The van der Waals surface area contributed by atoms with E-state index in [1.807, 2.05) is 10.6 Å². The molecule has 158 valence electrons. The Bertz CT molecular complexity index is 1030. The average Bonchev–Trinajstić information content (AvgIpc) is 3.49. The Labute approximate surface area is 186 Å². The molecule has 0 atom stereocenters. The van der Waals surface area contributed by atoms with Gasteiger partial charge in [0, 0.05) is 16.3 Å². The van der Waals surface area contributed by atoms with Crippen LogP contribution in [-0.2, 0) is 35.3 Å². The van der Waals surface area contributed by atoms with Gasteiger partial charge in [0.2, 0.25) is 5.91 Å². The minimum absolute atomic E-state index is 0.170. The summed E-state index contributed by atoms with van der Waals surface area (Å²) in [7, 11) is 1.37. The summed E-state index contributed by atoms with van der Waals surface area (Å²) < 4.78 is 6.93. The molecule has 3 aromatic rings. The molecule has 0 aliphatic heterocycles. The van der Waals surface area contributed by atoms with Crippen LogP contribution in [0.25, 0.3) is 0 Å². The van der Waals surface area contributed by atoms with E-state index in [2.05, 4.69) is 27.0 Å². The molecule has 30 heavy (non-hydrogen) atoms. The van der Waals surface area contributed by atoms with E-state index in [1.54, 1.807) is 17.7 Å². The van der Waals surface area contributed by atoms with Crippen molar-refractivity contribution in [3.63, 3.8) is 0 Å². The lowest BCUT2D eigenvalue weighted by Crippen LogP contribution is -2.17.